The molecule has 3 heterocycles. The summed E-state index contributed by atoms with van der Waals surface area (Å²) in [6.45, 7) is 3.56. The number of aromatic nitrogens is 2. The quantitative estimate of drug-likeness (QED) is 0.865. The Morgan fingerprint density at radius 1 is 1.60 bits per heavy atom. The van der Waals surface area contributed by atoms with Gasteiger partial charge in [-0.2, -0.15) is 5.10 Å². The van der Waals surface area contributed by atoms with Crippen LogP contribution in [0.1, 0.15) is 28.8 Å². The highest BCUT2D eigenvalue weighted by Gasteiger charge is 2.30. The van der Waals surface area contributed by atoms with Crippen LogP contribution in [0.2, 0.25) is 0 Å². The van der Waals surface area contributed by atoms with Crippen LogP contribution in [0.25, 0.3) is 0 Å². The Labute approximate surface area is 125 Å². The molecule has 1 saturated heterocycles. The maximum absolute atomic E-state index is 12.5. The number of likely N-dealkylation sites (tertiary alicyclic amines) is 1. The smallest absolute Gasteiger partial charge is 0.257 e. The zero-order chi connectivity index (χ0) is 14.1. The van der Waals surface area contributed by atoms with E-state index in [9.17, 15) is 4.79 Å². The van der Waals surface area contributed by atoms with Gasteiger partial charge >= 0.3 is 0 Å². The Balaban J connectivity index is 1.73. The van der Waals surface area contributed by atoms with Crippen LogP contribution in [0.5, 0.6) is 0 Å². The molecule has 1 fully saturated rings. The number of rotatable bonds is 3. The SMILES string of the molecule is Cc1cnn(C[C@H]2CCCN2C(=O)c2coc(Br)c2)c1. The number of nitrogens with zero attached hydrogens (tertiary/aromatic N) is 3. The van der Waals surface area contributed by atoms with Gasteiger partial charge in [-0.05, 0) is 41.3 Å². The lowest BCUT2D eigenvalue weighted by atomic mass is 10.2. The third kappa shape index (κ3) is 2.65. The van der Waals surface area contributed by atoms with Crippen molar-refractivity contribution in [2.75, 3.05) is 6.54 Å². The fourth-order valence-electron chi connectivity index (χ4n) is 2.66. The molecule has 6 heteroatoms. The molecule has 1 aliphatic rings. The molecule has 0 N–H and O–H groups in total. The summed E-state index contributed by atoms with van der Waals surface area (Å²) in [4.78, 5) is 14.4. The number of amides is 1. The molecular formula is C14H16BrN3O2. The molecule has 2 aromatic heterocycles. The Kier molecular flexibility index (Phi) is 3.65. The summed E-state index contributed by atoms with van der Waals surface area (Å²) in [5.74, 6) is 0.0332. The van der Waals surface area contributed by atoms with Crippen molar-refractivity contribution in [3.63, 3.8) is 0 Å². The van der Waals surface area contributed by atoms with E-state index in [2.05, 4.69) is 21.0 Å². The second kappa shape index (κ2) is 5.44. The zero-order valence-corrected chi connectivity index (χ0v) is 12.8. The van der Waals surface area contributed by atoms with E-state index in [4.69, 9.17) is 4.42 Å². The number of hydrogen-bond acceptors (Lipinski definition) is 3. The van der Waals surface area contributed by atoms with E-state index in [1.54, 1.807) is 6.07 Å². The van der Waals surface area contributed by atoms with Crippen LogP contribution in [0.15, 0.2) is 33.8 Å². The van der Waals surface area contributed by atoms with Crippen LogP contribution < -0.4 is 0 Å². The minimum atomic E-state index is 0.0332. The summed E-state index contributed by atoms with van der Waals surface area (Å²) in [6.07, 6.45) is 7.41. The Hall–Kier alpha value is -1.56. The predicted molar refractivity (Wildman–Crippen MR) is 77.4 cm³/mol. The third-order valence-electron chi connectivity index (χ3n) is 3.61. The fraction of sp³-hybridized carbons (Fsp3) is 0.429. The van der Waals surface area contributed by atoms with Crippen LogP contribution in [0, 0.1) is 6.92 Å². The van der Waals surface area contributed by atoms with Crippen molar-refractivity contribution in [1.29, 1.82) is 0 Å². The molecule has 0 bridgehead atoms. The van der Waals surface area contributed by atoms with E-state index in [0.717, 1.165) is 31.5 Å². The monoisotopic (exact) mass is 337 g/mol. The number of carbonyl (C=O) groups excluding carboxylic acids is 1. The van der Waals surface area contributed by atoms with Crippen LogP contribution in [-0.4, -0.2) is 33.2 Å². The normalized spacial score (nSPS) is 18.7. The first kappa shape index (κ1) is 13.4. The summed E-state index contributed by atoms with van der Waals surface area (Å²) in [7, 11) is 0. The van der Waals surface area contributed by atoms with Crippen molar-refractivity contribution < 1.29 is 9.21 Å². The summed E-state index contributed by atoms with van der Waals surface area (Å²) >= 11 is 3.23. The molecule has 0 saturated carbocycles. The summed E-state index contributed by atoms with van der Waals surface area (Å²) < 4.78 is 7.65. The lowest BCUT2D eigenvalue weighted by Gasteiger charge is -2.24. The highest BCUT2D eigenvalue weighted by Crippen LogP contribution is 2.23. The minimum Gasteiger partial charge on any atom is -0.457 e. The van der Waals surface area contributed by atoms with Crippen molar-refractivity contribution >= 4 is 21.8 Å². The molecule has 0 unspecified atom stereocenters. The Morgan fingerprint density at radius 2 is 2.45 bits per heavy atom. The molecule has 1 atom stereocenters. The van der Waals surface area contributed by atoms with Crippen molar-refractivity contribution in [2.24, 2.45) is 0 Å². The van der Waals surface area contributed by atoms with E-state index in [1.165, 1.54) is 6.26 Å². The predicted octanol–water partition coefficient (Wildman–Crippen LogP) is 2.85. The highest BCUT2D eigenvalue weighted by atomic mass is 79.9. The fourth-order valence-corrected chi connectivity index (χ4v) is 3.00. The molecule has 5 nitrogen and oxygen atoms in total. The largest absolute Gasteiger partial charge is 0.457 e. The number of aryl methyl sites for hydroxylation is 1. The van der Waals surface area contributed by atoms with E-state index in [1.807, 2.05) is 28.9 Å². The summed E-state index contributed by atoms with van der Waals surface area (Å²) in [6, 6.07) is 1.92. The van der Waals surface area contributed by atoms with Crippen LogP contribution in [0.4, 0.5) is 0 Å². The van der Waals surface area contributed by atoms with Crippen molar-refractivity contribution in [3.8, 4) is 0 Å². The molecule has 0 aliphatic carbocycles. The number of halogens is 1. The van der Waals surface area contributed by atoms with Gasteiger partial charge in [0.15, 0.2) is 4.67 Å². The van der Waals surface area contributed by atoms with Crippen molar-refractivity contribution in [3.05, 3.63) is 40.5 Å². The summed E-state index contributed by atoms with van der Waals surface area (Å²) in [5, 5.41) is 4.30. The molecule has 0 radical (unpaired) electrons. The van der Waals surface area contributed by atoms with Gasteiger partial charge in [-0.3, -0.25) is 9.48 Å². The van der Waals surface area contributed by atoms with Gasteiger partial charge < -0.3 is 9.32 Å². The second-order valence-electron chi connectivity index (χ2n) is 5.17. The third-order valence-corrected chi connectivity index (χ3v) is 4.03. The zero-order valence-electron chi connectivity index (χ0n) is 11.3. The lowest BCUT2D eigenvalue weighted by Crippen LogP contribution is -2.38. The first-order valence-electron chi connectivity index (χ1n) is 6.67. The molecule has 20 heavy (non-hydrogen) atoms. The van der Waals surface area contributed by atoms with Crippen molar-refractivity contribution in [2.45, 2.75) is 32.4 Å². The van der Waals surface area contributed by atoms with Crippen LogP contribution in [0.3, 0.4) is 0 Å². The Bertz CT molecular complexity index is 619. The minimum absolute atomic E-state index is 0.0332. The maximum atomic E-state index is 12.5. The molecular weight excluding hydrogens is 322 g/mol. The van der Waals surface area contributed by atoms with Gasteiger partial charge in [0.05, 0.1) is 24.3 Å². The number of furan rings is 1. The van der Waals surface area contributed by atoms with Gasteiger partial charge in [0.25, 0.3) is 5.91 Å². The summed E-state index contributed by atoms with van der Waals surface area (Å²) in [5.41, 5.74) is 1.74. The highest BCUT2D eigenvalue weighted by molar-refractivity contribution is 9.10. The molecule has 1 aliphatic heterocycles. The lowest BCUT2D eigenvalue weighted by molar-refractivity contribution is 0.0721. The van der Waals surface area contributed by atoms with E-state index >= 15 is 0 Å². The first-order valence-corrected chi connectivity index (χ1v) is 7.47. The maximum Gasteiger partial charge on any atom is 0.257 e. The number of carbonyl (C=O) groups is 1. The van der Waals surface area contributed by atoms with Gasteiger partial charge in [-0.25, -0.2) is 0 Å². The molecule has 0 aromatic carbocycles. The van der Waals surface area contributed by atoms with Gasteiger partial charge in [-0.15, -0.1) is 0 Å². The molecule has 0 spiro atoms. The van der Waals surface area contributed by atoms with E-state index < -0.39 is 0 Å². The van der Waals surface area contributed by atoms with Gasteiger partial charge in [-0.1, -0.05) is 0 Å². The average Bonchev–Trinajstić information content (AvgIpc) is 3.11. The Morgan fingerprint density at radius 3 is 3.10 bits per heavy atom. The topological polar surface area (TPSA) is 51.3 Å². The standard InChI is InChI=1S/C14H16BrN3O2/c1-10-6-16-17(7-10)8-12-3-2-4-18(12)14(19)11-5-13(15)20-9-11/h5-7,9,12H,2-4,8H2,1H3/t12-/m1/s1. The van der Waals surface area contributed by atoms with E-state index in [0.29, 0.717) is 10.2 Å². The van der Waals surface area contributed by atoms with Crippen LogP contribution in [-0.2, 0) is 6.54 Å². The average molecular weight is 338 g/mol. The van der Waals surface area contributed by atoms with Crippen LogP contribution >= 0.6 is 15.9 Å². The molecule has 106 valence electrons. The number of hydrogen-bond donors (Lipinski definition) is 0. The molecule has 1 amide bonds. The van der Waals surface area contributed by atoms with Gasteiger partial charge in [0.2, 0.25) is 0 Å². The first-order chi connectivity index (χ1) is 9.63. The van der Waals surface area contributed by atoms with E-state index in [-0.39, 0.29) is 11.9 Å². The second-order valence-corrected chi connectivity index (χ2v) is 5.96. The van der Waals surface area contributed by atoms with Gasteiger partial charge in [0, 0.05) is 18.8 Å². The molecule has 3 rings (SSSR count). The molecule has 2 aromatic rings. The van der Waals surface area contributed by atoms with Crippen molar-refractivity contribution in [1.82, 2.24) is 14.7 Å². The van der Waals surface area contributed by atoms with Gasteiger partial charge in [0.1, 0.15) is 6.26 Å².